The predicted octanol–water partition coefficient (Wildman–Crippen LogP) is 1.36. The molecule has 1 aliphatic heterocycles. The fourth-order valence-electron chi connectivity index (χ4n) is 2.08. The van der Waals surface area contributed by atoms with Gasteiger partial charge in [-0.2, -0.15) is 0 Å². The normalized spacial score (nSPS) is 18.6. The van der Waals surface area contributed by atoms with Crippen LogP contribution in [-0.4, -0.2) is 43.9 Å². The minimum Gasteiger partial charge on any atom is -0.464 e. The van der Waals surface area contributed by atoms with E-state index in [0.717, 1.165) is 19.3 Å². The van der Waals surface area contributed by atoms with E-state index in [9.17, 15) is 9.59 Å². The first-order valence-electron chi connectivity index (χ1n) is 6.43. The van der Waals surface area contributed by atoms with Crippen LogP contribution in [0.2, 0.25) is 0 Å². The maximum Gasteiger partial charge on any atom is 0.376 e. The molecule has 7 nitrogen and oxygen atoms in total. The van der Waals surface area contributed by atoms with Gasteiger partial charge in [-0.25, -0.2) is 14.6 Å². The minimum absolute atomic E-state index is 0.00149. The maximum absolute atomic E-state index is 11.6. The molecule has 1 atom stereocenters. The van der Waals surface area contributed by atoms with Gasteiger partial charge in [0.1, 0.15) is 0 Å². The van der Waals surface area contributed by atoms with Crippen molar-refractivity contribution >= 4 is 11.9 Å². The van der Waals surface area contributed by atoms with Crippen molar-refractivity contribution in [1.82, 2.24) is 4.98 Å². The highest BCUT2D eigenvalue weighted by Gasteiger charge is 2.28. The van der Waals surface area contributed by atoms with E-state index in [1.165, 1.54) is 14.2 Å². The summed E-state index contributed by atoms with van der Waals surface area (Å²) < 4.78 is 20.0. The topological polar surface area (TPSA) is 87.9 Å². The van der Waals surface area contributed by atoms with Crippen LogP contribution in [0.15, 0.2) is 4.42 Å². The van der Waals surface area contributed by atoms with Crippen LogP contribution in [0.3, 0.4) is 0 Å². The van der Waals surface area contributed by atoms with Gasteiger partial charge in [-0.3, -0.25) is 0 Å². The number of ether oxygens (including phenoxy) is 3. The van der Waals surface area contributed by atoms with Gasteiger partial charge in [-0.15, -0.1) is 0 Å². The molecule has 1 aliphatic rings. The monoisotopic (exact) mass is 283 g/mol. The van der Waals surface area contributed by atoms with Gasteiger partial charge in [0.05, 0.1) is 26.7 Å². The van der Waals surface area contributed by atoms with Gasteiger partial charge in [-0.05, 0) is 19.3 Å². The van der Waals surface area contributed by atoms with Gasteiger partial charge >= 0.3 is 11.9 Å². The molecule has 1 aromatic rings. The maximum atomic E-state index is 11.6. The summed E-state index contributed by atoms with van der Waals surface area (Å²) in [5, 5.41) is 0. The molecule has 0 aliphatic carbocycles. The molecular formula is C13H17NO6. The summed E-state index contributed by atoms with van der Waals surface area (Å²) in [6.07, 6.45) is 3.45. The summed E-state index contributed by atoms with van der Waals surface area (Å²) >= 11 is 0. The first-order chi connectivity index (χ1) is 9.65. The Morgan fingerprint density at radius 2 is 2.00 bits per heavy atom. The van der Waals surface area contributed by atoms with Crippen molar-refractivity contribution in [3.63, 3.8) is 0 Å². The highest BCUT2D eigenvalue weighted by molar-refractivity contribution is 5.99. The van der Waals surface area contributed by atoms with E-state index in [0.29, 0.717) is 13.0 Å². The first kappa shape index (κ1) is 14.5. The first-order valence-corrected chi connectivity index (χ1v) is 6.43. The van der Waals surface area contributed by atoms with Crippen molar-refractivity contribution in [3.8, 4) is 0 Å². The molecule has 7 heteroatoms. The third-order valence-corrected chi connectivity index (χ3v) is 3.10. The summed E-state index contributed by atoms with van der Waals surface area (Å²) in [7, 11) is 2.41. The van der Waals surface area contributed by atoms with Gasteiger partial charge in [0.25, 0.3) is 0 Å². The lowest BCUT2D eigenvalue weighted by atomic mass is 10.1. The number of hydrogen-bond donors (Lipinski definition) is 0. The molecule has 0 spiro atoms. The van der Waals surface area contributed by atoms with Crippen LogP contribution >= 0.6 is 0 Å². The lowest BCUT2D eigenvalue weighted by molar-refractivity contribution is 0.0128. The van der Waals surface area contributed by atoms with Crippen LogP contribution < -0.4 is 0 Å². The van der Waals surface area contributed by atoms with E-state index < -0.39 is 11.9 Å². The third kappa shape index (κ3) is 3.16. The molecule has 2 heterocycles. The molecule has 0 aromatic carbocycles. The van der Waals surface area contributed by atoms with Crippen LogP contribution in [0.4, 0.5) is 0 Å². The Labute approximate surface area is 116 Å². The highest BCUT2D eigenvalue weighted by Crippen LogP contribution is 2.20. The minimum atomic E-state index is -0.756. The Morgan fingerprint density at radius 3 is 2.60 bits per heavy atom. The van der Waals surface area contributed by atoms with Crippen LogP contribution in [0.25, 0.3) is 0 Å². The summed E-state index contributed by atoms with van der Waals surface area (Å²) in [4.78, 5) is 27.2. The molecule has 0 saturated carbocycles. The Morgan fingerprint density at radius 1 is 1.25 bits per heavy atom. The molecule has 20 heavy (non-hydrogen) atoms. The largest absolute Gasteiger partial charge is 0.464 e. The number of oxazole rings is 1. The van der Waals surface area contributed by atoms with E-state index >= 15 is 0 Å². The number of esters is 2. The molecule has 1 fully saturated rings. The Balaban J connectivity index is 2.19. The van der Waals surface area contributed by atoms with E-state index in [1.807, 2.05) is 0 Å². The quantitative estimate of drug-likeness (QED) is 0.771. The van der Waals surface area contributed by atoms with Crippen LogP contribution in [0, 0.1) is 0 Å². The number of nitrogens with zero attached hydrogens (tertiary/aromatic N) is 1. The summed E-state index contributed by atoms with van der Waals surface area (Å²) in [5.41, 5.74) is -0.162. The molecule has 110 valence electrons. The van der Waals surface area contributed by atoms with Gasteiger partial charge in [0.15, 0.2) is 5.89 Å². The third-order valence-electron chi connectivity index (χ3n) is 3.10. The molecule has 1 unspecified atom stereocenters. The molecule has 0 amide bonds. The fraction of sp³-hybridized carbons (Fsp3) is 0.615. The molecule has 1 saturated heterocycles. The van der Waals surface area contributed by atoms with Gasteiger partial charge in [-0.1, -0.05) is 0 Å². The molecule has 0 N–H and O–H groups in total. The second-order valence-corrected chi connectivity index (χ2v) is 4.46. The van der Waals surface area contributed by atoms with Crippen molar-refractivity contribution in [2.24, 2.45) is 0 Å². The van der Waals surface area contributed by atoms with Crippen LogP contribution in [-0.2, 0) is 20.6 Å². The number of methoxy groups -OCH3 is 2. The zero-order valence-electron chi connectivity index (χ0n) is 11.5. The second-order valence-electron chi connectivity index (χ2n) is 4.46. The van der Waals surface area contributed by atoms with Gasteiger partial charge in [0, 0.05) is 6.61 Å². The van der Waals surface area contributed by atoms with E-state index in [2.05, 4.69) is 14.5 Å². The van der Waals surface area contributed by atoms with E-state index in [1.54, 1.807) is 0 Å². The SMILES string of the molecule is COC(=O)c1nc(CC2CCCCO2)oc1C(=O)OC. The Kier molecular flexibility index (Phi) is 4.73. The lowest BCUT2D eigenvalue weighted by Crippen LogP contribution is -2.21. The smallest absolute Gasteiger partial charge is 0.376 e. The van der Waals surface area contributed by atoms with E-state index in [-0.39, 0.29) is 23.4 Å². The van der Waals surface area contributed by atoms with E-state index in [4.69, 9.17) is 9.15 Å². The van der Waals surface area contributed by atoms with Gasteiger partial charge < -0.3 is 18.6 Å². The van der Waals surface area contributed by atoms with Crippen LogP contribution in [0.1, 0.15) is 46.2 Å². The fourth-order valence-corrected chi connectivity index (χ4v) is 2.08. The van der Waals surface area contributed by atoms with Crippen molar-refractivity contribution in [3.05, 3.63) is 17.3 Å². The Bertz CT molecular complexity index is 456. The lowest BCUT2D eigenvalue weighted by Gasteiger charge is -2.20. The van der Waals surface area contributed by atoms with Crippen molar-refractivity contribution in [2.45, 2.75) is 31.8 Å². The average molecular weight is 283 g/mol. The second kappa shape index (κ2) is 6.51. The van der Waals surface area contributed by atoms with Gasteiger partial charge in [0.2, 0.25) is 11.5 Å². The average Bonchev–Trinajstić information content (AvgIpc) is 2.90. The van der Waals surface area contributed by atoms with Crippen LogP contribution in [0.5, 0.6) is 0 Å². The Hall–Kier alpha value is -1.89. The van der Waals surface area contributed by atoms with Crippen molar-refractivity contribution < 1.29 is 28.2 Å². The molecule has 1 aromatic heterocycles. The molecule has 0 bridgehead atoms. The molecule has 2 rings (SSSR count). The number of carbonyl (C=O) groups is 2. The van der Waals surface area contributed by atoms with Crippen molar-refractivity contribution in [2.75, 3.05) is 20.8 Å². The zero-order valence-corrected chi connectivity index (χ0v) is 11.5. The predicted molar refractivity (Wildman–Crippen MR) is 66.5 cm³/mol. The van der Waals surface area contributed by atoms with Crippen molar-refractivity contribution in [1.29, 1.82) is 0 Å². The zero-order chi connectivity index (χ0) is 14.5. The summed E-state index contributed by atoms with van der Waals surface area (Å²) in [5.74, 6) is -1.44. The highest BCUT2D eigenvalue weighted by atomic mass is 16.5. The summed E-state index contributed by atoms with van der Waals surface area (Å²) in [6.45, 7) is 0.707. The number of aromatic nitrogens is 1. The number of hydrogen-bond acceptors (Lipinski definition) is 7. The number of rotatable bonds is 4. The standard InChI is InChI=1S/C13H17NO6/c1-17-12(15)10-11(13(16)18-2)20-9(14-10)7-8-5-3-4-6-19-8/h8H,3-7H2,1-2H3. The number of carbonyl (C=O) groups excluding carboxylic acids is 2. The molecular weight excluding hydrogens is 266 g/mol. The molecule has 0 radical (unpaired) electrons. The summed E-state index contributed by atoms with van der Waals surface area (Å²) in [6, 6.07) is 0.